The maximum absolute atomic E-state index is 11.7. The Labute approximate surface area is 118 Å². The van der Waals surface area contributed by atoms with Crippen molar-refractivity contribution < 1.29 is 8.42 Å². The fraction of sp³-hybridized carbons (Fsp3) is 1.00. The number of sulfone groups is 1. The molecule has 0 aromatic carbocycles. The van der Waals surface area contributed by atoms with Crippen LogP contribution < -0.4 is 0 Å². The van der Waals surface area contributed by atoms with Crippen molar-refractivity contribution >= 4 is 9.84 Å². The van der Waals surface area contributed by atoms with Crippen LogP contribution in [0.2, 0.25) is 0 Å². The molecule has 0 aromatic heterocycles. The van der Waals surface area contributed by atoms with Gasteiger partial charge in [0.1, 0.15) is 9.84 Å². The van der Waals surface area contributed by atoms with Crippen LogP contribution in [-0.2, 0) is 9.84 Å². The summed E-state index contributed by atoms with van der Waals surface area (Å²) in [7, 11) is -0.612. The van der Waals surface area contributed by atoms with Gasteiger partial charge in [-0.05, 0) is 32.2 Å². The molecule has 0 aromatic rings. The van der Waals surface area contributed by atoms with E-state index in [1.807, 2.05) is 0 Å². The second-order valence-corrected chi connectivity index (χ2v) is 9.07. The second-order valence-electron chi connectivity index (χ2n) is 6.76. The number of rotatable bonds is 3. The molecule has 2 heterocycles. The Balaban J connectivity index is 2.11. The average Bonchev–Trinajstić information content (AvgIpc) is 2.33. The summed E-state index contributed by atoms with van der Waals surface area (Å²) in [6.45, 7) is 8.88. The molecular formula is C14H28N2O2S. The van der Waals surface area contributed by atoms with Crippen molar-refractivity contribution in [3.05, 3.63) is 0 Å². The summed E-state index contributed by atoms with van der Waals surface area (Å²) in [5.41, 5.74) is 0.140. The summed E-state index contributed by atoms with van der Waals surface area (Å²) < 4.78 is 23.5. The topological polar surface area (TPSA) is 40.6 Å². The minimum atomic E-state index is -2.78. The molecule has 0 radical (unpaired) electrons. The number of nitrogens with zero attached hydrogens (tertiary/aromatic N) is 2. The van der Waals surface area contributed by atoms with Crippen molar-refractivity contribution in [1.29, 1.82) is 0 Å². The first-order valence-electron chi connectivity index (χ1n) is 7.47. The van der Waals surface area contributed by atoms with Gasteiger partial charge in [-0.3, -0.25) is 4.90 Å². The quantitative estimate of drug-likeness (QED) is 0.783. The minimum Gasteiger partial charge on any atom is -0.304 e. The van der Waals surface area contributed by atoms with Crippen molar-refractivity contribution in [1.82, 2.24) is 9.80 Å². The zero-order valence-corrected chi connectivity index (χ0v) is 13.4. The van der Waals surface area contributed by atoms with Gasteiger partial charge in [0.05, 0.1) is 11.5 Å². The monoisotopic (exact) mass is 288 g/mol. The predicted octanol–water partition coefficient (Wildman–Crippen LogP) is 1.23. The van der Waals surface area contributed by atoms with Gasteiger partial charge < -0.3 is 4.90 Å². The SMILES string of the molecule is CC(C)CC1(N2CCN(C)CC2)CCS(=O)(=O)CC1. The number of likely N-dealkylation sites (N-methyl/N-ethyl adjacent to an activating group) is 1. The molecule has 4 nitrogen and oxygen atoms in total. The minimum absolute atomic E-state index is 0.140. The zero-order valence-electron chi connectivity index (χ0n) is 12.6. The third kappa shape index (κ3) is 3.70. The largest absolute Gasteiger partial charge is 0.304 e. The van der Waals surface area contributed by atoms with Crippen molar-refractivity contribution in [2.45, 2.75) is 38.6 Å². The van der Waals surface area contributed by atoms with E-state index < -0.39 is 9.84 Å². The summed E-state index contributed by atoms with van der Waals surface area (Å²) in [6.07, 6.45) is 2.79. The van der Waals surface area contributed by atoms with Crippen LogP contribution in [0.5, 0.6) is 0 Å². The van der Waals surface area contributed by atoms with E-state index >= 15 is 0 Å². The summed E-state index contributed by atoms with van der Waals surface area (Å²) in [5.74, 6) is 1.39. The normalized spacial score (nSPS) is 28.6. The molecule has 0 aliphatic carbocycles. The Bertz CT molecular complexity index is 384. The van der Waals surface area contributed by atoms with Gasteiger partial charge in [-0.25, -0.2) is 8.42 Å². The van der Waals surface area contributed by atoms with Gasteiger partial charge in [-0.1, -0.05) is 13.8 Å². The van der Waals surface area contributed by atoms with Crippen molar-refractivity contribution in [2.24, 2.45) is 5.92 Å². The Morgan fingerprint density at radius 2 is 1.58 bits per heavy atom. The van der Waals surface area contributed by atoms with Crippen molar-refractivity contribution in [3.8, 4) is 0 Å². The van der Waals surface area contributed by atoms with Crippen LogP contribution in [0, 0.1) is 5.92 Å². The van der Waals surface area contributed by atoms with E-state index in [0.29, 0.717) is 17.4 Å². The molecule has 2 aliphatic rings. The molecule has 5 heteroatoms. The molecule has 0 atom stereocenters. The van der Waals surface area contributed by atoms with E-state index in [0.717, 1.165) is 45.4 Å². The summed E-state index contributed by atoms with van der Waals surface area (Å²) in [5, 5.41) is 0. The Hall–Kier alpha value is -0.130. The number of hydrogen-bond donors (Lipinski definition) is 0. The molecule has 0 amide bonds. The van der Waals surface area contributed by atoms with Crippen LogP contribution in [0.15, 0.2) is 0 Å². The van der Waals surface area contributed by atoms with Gasteiger partial charge >= 0.3 is 0 Å². The van der Waals surface area contributed by atoms with E-state index in [2.05, 4.69) is 30.7 Å². The first kappa shape index (κ1) is 15.3. The molecule has 0 unspecified atom stereocenters. The standard InChI is InChI=1S/C14H28N2O2S/c1-13(2)12-14(4-10-19(17,18)11-5-14)16-8-6-15(3)7-9-16/h13H,4-12H2,1-3H3. The molecule has 2 saturated heterocycles. The Kier molecular flexibility index (Phi) is 4.58. The average molecular weight is 288 g/mol. The van der Waals surface area contributed by atoms with Gasteiger partial charge in [0, 0.05) is 31.7 Å². The molecule has 2 aliphatic heterocycles. The van der Waals surface area contributed by atoms with E-state index in [4.69, 9.17) is 0 Å². The molecule has 19 heavy (non-hydrogen) atoms. The van der Waals surface area contributed by atoms with Gasteiger partial charge in [-0.2, -0.15) is 0 Å². The van der Waals surface area contributed by atoms with Crippen molar-refractivity contribution in [3.63, 3.8) is 0 Å². The molecule has 2 rings (SSSR count). The third-order valence-corrected chi connectivity index (χ3v) is 6.37. The van der Waals surface area contributed by atoms with Gasteiger partial charge in [0.15, 0.2) is 0 Å². The molecular weight excluding hydrogens is 260 g/mol. The number of hydrogen-bond acceptors (Lipinski definition) is 4. The Morgan fingerprint density at radius 3 is 2.05 bits per heavy atom. The van der Waals surface area contributed by atoms with Crippen LogP contribution in [0.4, 0.5) is 0 Å². The highest BCUT2D eigenvalue weighted by atomic mass is 32.2. The first-order valence-corrected chi connectivity index (χ1v) is 9.29. The predicted molar refractivity (Wildman–Crippen MR) is 79.1 cm³/mol. The first-order chi connectivity index (χ1) is 8.83. The summed E-state index contributed by atoms with van der Waals surface area (Å²) >= 11 is 0. The van der Waals surface area contributed by atoms with Crippen LogP contribution in [0.1, 0.15) is 33.1 Å². The fourth-order valence-corrected chi connectivity index (χ4v) is 5.19. The highest BCUT2D eigenvalue weighted by Crippen LogP contribution is 2.36. The zero-order chi connectivity index (χ0) is 14.1. The van der Waals surface area contributed by atoms with Crippen molar-refractivity contribution in [2.75, 3.05) is 44.7 Å². The van der Waals surface area contributed by atoms with Crippen LogP contribution in [-0.4, -0.2) is 68.5 Å². The fourth-order valence-electron chi connectivity index (χ4n) is 3.61. The lowest BCUT2D eigenvalue weighted by Crippen LogP contribution is -2.59. The van der Waals surface area contributed by atoms with Crippen LogP contribution >= 0.6 is 0 Å². The lowest BCUT2D eigenvalue weighted by Gasteiger charge is -2.50. The third-order valence-electron chi connectivity index (χ3n) is 4.72. The van der Waals surface area contributed by atoms with E-state index in [1.54, 1.807) is 0 Å². The van der Waals surface area contributed by atoms with E-state index in [-0.39, 0.29) is 5.54 Å². The lowest BCUT2D eigenvalue weighted by atomic mass is 9.81. The van der Waals surface area contributed by atoms with Gasteiger partial charge in [0.25, 0.3) is 0 Å². The maximum Gasteiger partial charge on any atom is 0.150 e. The second kappa shape index (κ2) is 5.70. The van der Waals surface area contributed by atoms with Crippen LogP contribution in [0.3, 0.4) is 0 Å². The maximum atomic E-state index is 11.7. The highest BCUT2D eigenvalue weighted by molar-refractivity contribution is 7.91. The molecule has 0 N–H and O–H groups in total. The number of piperazine rings is 1. The molecule has 0 bridgehead atoms. The van der Waals surface area contributed by atoms with Crippen LogP contribution in [0.25, 0.3) is 0 Å². The molecule has 112 valence electrons. The lowest BCUT2D eigenvalue weighted by molar-refractivity contribution is 0.0178. The summed E-state index contributed by atoms with van der Waals surface area (Å²) in [4.78, 5) is 4.95. The van der Waals surface area contributed by atoms with E-state index in [9.17, 15) is 8.42 Å². The van der Waals surface area contributed by atoms with Gasteiger partial charge in [-0.15, -0.1) is 0 Å². The van der Waals surface area contributed by atoms with Gasteiger partial charge in [0.2, 0.25) is 0 Å². The highest BCUT2D eigenvalue weighted by Gasteiger charge is 2.42. The Morgan fingerprint density at radius 1 is 1.05 bits per heavy atom. The summed E-state index contributed by atoms with van der Waals surface area (Å²) in [6, 6.07) is 0. The van der Waals surface area contributed by atoms with E-state index in [1.165, 1.54) is 0 Å². The smallest absolute Gasteiger partial charge is 0.150 e. The molecule has 0 saturated carbocycles. The molecule has 0 spiro atoms. The molecule has 2 fully saturated rings.